The first-order valence-electron chi connectivity index (χ1n) is 8.92. The first-order valence-corrected chi connectivity index (χ1v) is 8.92. The third-order valence-corrected chi connectivity index (χ3v) is 3.94. The van der Waals surface area contributed by atoms with Crippen LogP contribution in [-0.2, 0) is 0 Å². The van der Waals surface area contributed by atoms with Crippen LogP contribution in [0.2, 0.25) is 0 Å². The fourth-order valence-electron chi connectivity index (χ4n) is 2.99. The SMILES string of the molecule is CC(C)C[C@](C)(N)COc1ccc(-c2ccnc(C(F)F)c2)cc1OC(F)(F)F. The smallest absolute Gasteiger partial charge is 0.488 e. The van der Waals surface area contributed by atoms with Crippen LogP contribution in [0.3, 0.4) is 0 Å². The molecule has 0 spiro atoms. The molecule has 0 amide bonds. The number of ether oxygens (including phenoxy) is 2. The standard InChI is InChI=1S/C20H23F5N2O2/c1-12(2)10-19(3,26)11-28-16-5-4-13(9-17(16)29-20(23,24)25)14-6-7-27-15(8-14)18(21)22/h4-9,12,18H,10-11,26H2,1-3H3/t19-/m0/s1. The van der Waals surface area contributed by atoms with Crippen LogP contribution in [0.4, 0.5) is 22.0 Å². The lowest BCUT2D eigenvalue weighted by Crippen LogP contribution is -2.43. The second-order valence-corrected chi connectivity index (χ2v) is 7.52. The quantitative estimate of drug-likeness (QED) is 0.557. The van der Waals surface area contributed by atoms with E-state index in [9.17, 15) is 22.0 Å². The molecule has 0 unspecified atom stereocenters. The van der Waals surface area contributed by atoms with Gasteiger partial charge in [0.25, 0.3) is 6.43 Å². The van der Waals surface area contributed by atoms with Gasteiger partial charge in [0.2, 0.25) is 0 Å². The summed E-state index contributed by atoms with van der Waals surface area (Å²) >= 11 is 0. The van der Waals surface area contributed by atoms with E-state index in [0.29, 0.717) is 6.42 Å². The number of alkyl halides is 5. The minimum Gasteiger partial charge on any atom is -0.488 e. The summed E-state index contributed by atoms with van der Waals surface area (Å²) in [6, 6.07) is 6.36. The van der Waals surface area contributed by atoms with Gasteiger partial charge in [-0.2, -0.15) is 0 Å². The van der Waals surface area contributed by atoms with Gasteiger partial charge >= 0.3 is 6.36 Å². The highest BCUT2D eigenvalue weighted by atomic mass is 19.4. The Kier molecular flexibility index (Phi) is 7.05. The van der Waals surface area contributed by atoms with Crippen molar-refractivity contribution in [2.75, 3.05) is 6.61 Å². The van der Waals surface area contributed by atoms with Crippen LogP contribution in [0.15, 0.2) is 36.5 Å². The second-order valence-electron chi connectivity index (χ2n) is 7.52. The maximum atomic E-state index is 12.9. The molecule has 0 aliphatic carbocycles. The van der Waals surface area contributed by atoms with E-state index in [2.05, 4.69) is 9.72 Å². The fourth-order valence-corrected chi connectivity index (χ4v) is 2.99. The molecule has 29 heavy (non-hydrogen) atoms. The minimum atomic E-state index is -4.95. The van der Waals surface area contributed by atoms with Gasteiger partial charge in [-0.25, -0.2) is 8.78 Å². The van der Waals surface area contributed by atoms with Gasteiger partial charge in [0.15, 0.2) is 11.5 Å². The summed E-state index contributed by atoms with van der Waals surface area (Å²) in [6.45, 7) is 5.67. The monoisotopic (exact) mass is 418 g/mol. The van der Waals surface area contributed by atoms with E-state index in [4.69, 9.17) is 10.5 Å². The average Bonchev–Trinajstić information content (AvgIpc) is 2.58. The van der Waals surface area contributed by atoms with Crippen molar-refractivity contribution in [1.82, 2.24) is 4.98 Å². The van der Waals surface area contributed by atoms with Gasteiger partial charge < -0.3 is 15.2 Å². The van der Waals surface area contributed by atoms with E-state index in [0.717, 1.165) is 18.3 Å². The Morgan fingerprint density at radius 2 is 1.69 bits per heavy atom. The van der Waals surface area contributed by atoms with Gasteiger partial charge in [-0.15, -0.1) is 13.2 Å². The lowest BCUT2D eigenvalue weighted by atomic mass is 9.93. The Morgan fingerprint density at radius 1 is 1.03 bits per heavy atom. The Bertz CT molecular complexity index is 823. The zero-order valence-corrected chi connectivity index (χ0v) is 16.3. The molecule has 2 rings (SSSR count). The molecule has 9 heteroatoms. The predicted octanol–water partition coefficient (Wildman–Crippen LogP) is 5.73. The zero-order valence-electron chi connectivity index (χ0n) is 16.3. The first kappa shape index (κ1) is 22.9. The molecule has 2 aromatic rings. The van der Waals surface area contributed by atoms with E-state index < -0.39 is 29.8 Å². The Hall–Kier alpha value is -2.42. The number of nitrogens with zero attached hydrogens (tertiary/aromatic N) is 1. The molecule has 160 valence electrons. The van der Waals surface area contributed by atoms with Gasteiger partial charge in [0.1, 0.15) is 12.3 Å². The minimum absolute atomic E-state index is 0.0243. The van der Waals surface area contributed by atoms with E-state index in [-0.39, 0.29) is 29.4 Å². The topological polar surface area (TPSA) is 57.4 Å². The van der Waals surface area contributed by atoms with Gasteiger partial charge in [-0.3, -0.25) is 4.98 Å². The Morgan fingerprint density at radius 3 is 2.28 bits per heavy atom. The molecule has 0 aliphatic rings. The van der Waals surface area contributed by atoms with Crippen molar-refractivity contribution in [2.24, 2.45) is 11.7 Å². The highest BCUT2D eigenvalue weighted by Crippen LogP contribution is 2.37. The average molecular weight is 418 g/mol. The van der Waals surface area contributed by atoms with Crippen LogP contribution in [0.5, 0.6) is 11.5 Å². The molecule has 4 nitrogen and oxygen atoms in total. The van der Waals surface area contributed by atoms with Gasteiger partial charge in [0, 0.05) is 11.7 Å². The molecule has 0 saturated heterocycles. The summed E-state index contributed by atoms with van der Waals surface area (Å²) in [7, 11) is 0. The van der Waals surface area contributed by atoms with Crippen molar-refractivity contribution in [1.29, 1.82) is 0 Å². The van der Waals surface area contributed by atoms with Crippen molar-refractivity contribution in [3.63, 3.8) is 0 Å². The third-order valence-electron chi connectivity index (χ3n) is 3.94. The summed E-state index contributed by atoms with van der Waals surface area (Å²) in [4.78, 5) is 3.54. The molecule has 0 saturated carbocycles. The van der Waals surface area contributed by atoms with Gasteiger partial charge in [0.05, 0.1) is 0 Å². The number of benzene rings is 1. The van der Waals surface area contributed by atoms with Crippen LogP contribution in [0, 0.1) is 5.92 Å². The first-order chi connectivity index (χ1) is 13.4. The fraction of sp³-hybridized carbons (Fsp3) is 0.450. The second kappa shape index (κ2) is 8.94. The van der Waals surface area contributed by atoms with Crippen molar-refractivity contribution < 1.29 is 31.4 Å². The molecule has 0 fully saturated rings. The van der Waals surface area contributed by atoms with Crippen molar-refractivity contribution in [2.45, 2.75) is 45.5 Å². The largest absolute Gasteiger partial charge is 0.573 e. The number of hydrogen-bond acceptors (Lipinski definition) is 4. The number of rotatable bonds is 8. The van der Waals surface area contributed by atoms with Crippen molar-refractivity contribution in [3.8, 4) is 22.6 Å². The van der Waals surface area contributed by atoms with Crippen LogP contribution in [0.25, 0.3) is 11.1 Å². The predicted molar refractivity (Wildman–Crippen MR) is 98.9 cm³/mol. The molecule has 1 aromatic heterocycles. The molecule has 2 N–H and O–H groups in total. The van der Waals surface area contributed by atoms with Gasteiger partial charge in [-0.05, 0) is 54.7 Å². The molecule has 1 aromatic carbocycles. The van der Waals surface area contributed by atoms with E-state index in [1.807, 2.05) is 13.8 Å². The van der Waals surface area contributed by atoms with E-state index >= 15 is 0 Å². The molecule has 0 aliphatic heterocycles. The van der Waals surface area contributed by atoms with Crippen LogP contribution in [0.1, 0.15) is 39.3 Å². The number of nitrogens with two attached hydrogens (primary N) is 1. The summed E-state index contributed by atoms with van der Waals surface area (Å²) in [6.07, 6.45) is -5.98. The van der Waals surface area contributed by atoms with Crippen molar-refractivity contribution >= 4 is 0 Å². The van der Waals surface area contributed by atoms with Crippen LogP contribution in [-0.4, -0.2) is 23.5 Å². The Labute approximate surface area is 165 Å². The number of pyridine rings is 1. The summed E-state index contributed by atoms with van der Waals surface area (Å²) in [5.74, 6) is -0.446. The van der Waals surface area contributed by atoms with Crippen molar-refractivity contribution in [3.05, 3.63) is 42.2 Å². The van der Waals surface area contributed by atoms with E-state index in [1.165, 1.54) is 18.2 Å². The lowest BCUT2D eigenvalue weighted by molar-refractivity contribution is -0.275. The van der Waals surface area contributed by atoms with Crippen LogP contribution < -0.4 is 15.2 Å². The zero-order chi connectivity index (χ0) is 21.8. The highest BCUT2D eigenvalue weighted by Gasteiger charge is 2.33. The third kappa shape index (κ3) is 7.16. The maximum Gasteiger partial charge on any atom is 0.573 e. The normalized spacial score (nSPS) is 14.2. The molecule has 1 atom stereocenters. The van der Waals surface area contributed by atoms with Crippen LogP contribution >= 0.6 is 0 Å². The lowest BCUT2D eigenvalue weighted by Gasteiger charge is -2.27. The highest BCUT2D eigenvalue weighted by molar-refractivity contribution is 5.67. The van der Waals surface area contributed by atoms with E-state index in [1.54, 1.807) is 6.92 Å². The number of hydrogen-bond donors (Lipinski definition) is 1. The Balaban J connectivity index is 2.34. The van der Waals surface area contributed by atoms with Gasteiger partial charge in [-0.1, -0.05) is 19.9 Å². The maximum absolute atomic E-state index is 12.9. The molecule has 0 radical (unpaired) electrons. The summed E-state index contributed by atoms with van der Waals surface area (Å²) < 4.78 is 73.9. The summed E-state index contributed by atoms with van der Waals surface area (Å²) in [5, 5.41) is 0. The number of halogens is 5. The molecular formula is C20H23F5N2O2. The molecule has 0 bridgehead atoms. The number of aromatic nitrogens is 1. The summed E-state index contributed by atoms with van der Waals surface area (Å²) in [5.41, 5.74) is 5.44. The molecular weight excluding hydrogens is 395 g/mol. The molecule has 1 heterocycles.